The summed E-state index contributed by atoms with van der Waals surface area (Å²) in [6.45, 7) is 2.90. The number of halogens is 1. The lowest BCUT2D eigenvalue weighted by atomic mass is 10.2. The first kappa shape index (κ1) is 19.9. The molecule has 0 aromatic heterocycles. The molecule has 0 saturated carbocycles. The maximum atomic E-state index is 13.0. The summed E-state index contributed by atoms with van der Waals surface area (Å²) in [6.07, 6.45) is 0. The summed E-state index contributed by atoms with van der Waals surface area (Å²) in [4.78, 5) is 2.34. The third-order valence-corrected chi connectivity index (χ3v) is 6.77. The molecule has 0 aliphatic carbocycles. The first-order valence-corrected chi connectivity index (χ1v) is 10.4. The third kappa shape index (κ3) is 4.55. The molecule has 1 aliphatic rings. The third-order valence-electron chi connectivity index (χ3n) is 4.62. The van der Waals surface area contributed by atoms with Crippen molar-refractivity contribution in [3.8, 4) is 11.5 Å². The average molecular weight is 411 g/mol. The normalized spacial score (nSPS) is 16.3. The van der Waals surface area contributed by atoms with Crippen molar-refractivity contribution < 1.29 is 17.9 Å². The van der Waals surface area contributed by atoms with E-state index in [-0.39, 0.29) is 4.90 Å². The van der Waals surface area contributed by atoms with Crippen LogP contribution in [0.15, 0.2) is 47.4 Å². The molecule has 6 nitrogen and oxygen atoms in total. The Bertz CT molecular complexity index is 896. The number of ether oxygens (including phenoxy) is 2. The zero-order valence-electron chi connectivity index (χ0n) is 15.4. The van der Waals surface area contributed by atoms with Crippen molar-refractivity contribution in [1.82, 2.24) is 9.21 Å². The Labute approximate surface area is 165 Å². The molecule has 2 aromatic rings. The van der Waals surface area contributed by atoms with Crippen molar-refractivity contribution >= 4 is 21.6 Å². The molecule has 0 spiro atoms. The van der Waals surface area contributed by atoms with Crippen molar-refractivity contribution in [2.75, 3.05) is 40.4 Å². The van der Waals surface area contributed by atoms with Crippen LogP contribution in [0, 0.1) is 0 Å². The van der Waals surface area contributed by atoms with E-state index in [2.05, 4.69) is 4.90 Å². The van der Waals surface area contributed by atoms with Gasteiger partial charge in [0.2, 0.25) is 10.0 Å². The molecule has 0 unspecified atom stereocenters. The molecule has 0 amide bonds. The highest BCUT2D eigenvalue weighted by Gasteiger charge is 2.31. The van der Waals surface area contributed by atoms with E-state index in [1.807, 2.05) is 24.3 Å². The number of nitrogens with zero attached hydrogens (tertiary/aromatic N) is 2. The Morgan fingerprint density at radius 3 is 2.41 bits per heavy atom. The van der Waals surface area contributed by atoms with Crippen LogP contribution in [0.4, 0.5) is 0 Å². The van der Waals surface area contributed by atoms with Gasteiger partial charge >= 0.3 is 0 Å². The Balaban J connectivity index is 1.68. The van der Waals surface area contributed by atoms with E-state index in [1.165, 1.54) is 17.5 Å². The van der Waals surface area contributed by atoms with Crippen LogP contribution in [0.5, 0.6) is 11.5 Å². The van der Waals surface area contributed by atoms with Gasteiger partial charge in [0.25, 0.3) is 0 Å². The molecule has 1 heterocycles. The zero-order valence-corrected chi connectivity index (χ0v) is 17.0. The summed E-state index contributed by atoms with van der Waals surface area (Å²) in [6, 6.07) is 12.5. The van der Waals surface area contributed by atoms with Crippen LogP contribution in [0.25, 0.3) is 0 Å². The second kappa shape index (κ2) is 8.48. The lowest BCUT2D eigenvalue weighted by Gasteiger charge is -2.34. The van der Waals surface area contributed by atoms with Gasteiger partial charge in [0, 0.05) is 37.7 Å². The summed E-state index contributed by atoms with van der Waals surface area (Å²) >= 11 is 6.00. The van der Waals surface area contributed by atoms with E-state index in [0.717, 1.165) is 17.9 Å². The molecular weight excluding hydrogens is 388 g/mol. The predicted molar refractivity (Wildman–Crippen MR) is 105 cm³/mol. The van der Waals surface area contributed by atoms with Gasteiger partial charge in [-0.3, -0.25) is 4.90 Å². The first-order chi connectivity index (χ1) is 12.9. The molecule has 8 heteroatoms. The fraction of sp³-hybridized carbons (Fsp3) is 0.368. The van der Waals surface area contributed by atoms with E-state index in [9.17, 15) is 8.42 Å². The highest BCUT2D eigenvalue weighted by atomic mass is 35.5. The van der Waals surface area contributed by atoms with Gasteiger partial charge in [0.1, 0.15) is 16.4 Å². The SMILES string of the molecule is COc1cccc(CN2CCN(S(=O)(=O)c3cc(Cl)ccc3OC)CC2)c1. The maximum Gasteiger partial charge on any atom is 0.246 e. The second-order valence-electron chi connectivity index (χ2n) is 6.33. The number of hydrogen-bond acceptors (Lipinski definition) is 5. The average Bonchev–Trinajstić information content (AvgIpc) is 2.68. The van der Waals surface area contributed by atoms with E-state index >= 15 is 0 Å². The molecule has 27 heavy (non-hydrogen) atoms. The van der Waals surface area contributed by atoms with Crippen molar-refractivity contribution in [1.29, 1.82) is 0 Å². The van der Waals surface area contributed by atoms with Gasteiger partial charge in [-0.2, -0.15) is 4.31 Å². The fourth-order valence-electron chi connectivity index (χ4n) is 3.15. The van der Waals surface area contributed by atoms with Gasteiger partial charge in [-0.1, -0.05) is 23.7 Å². The molecular formula is C19H23ClN2O4S. The Morgan fingerprint density at radius 1 is 1.00 bits per heavy atom. The second-order valence-corrected chi connectivity index (χ2v) is 8.67. The van der Waals surface area contributed by atoms with Crippen LogP contribution < -0.4 is 9.47 Å². The van der Waals surface area contributed by atoms with Gasteiger partial charge in [-0.25, -0.2) is 8.42 Å². The highest BCUT2D eigenvalue weighted by Crippen LogP contribution is 2.30. The molecule has 1 aliphatic heterocycles. The standard InChI is InChI=1S/C19H23ClN2O4S/c1-25-17-5-3-4-15(12-17)14-21-8-10-22(11-9-21)27(23,24)19-13-16(20)6-7-18(19)26-2/h3-7,12-13H,8-11,14H2,1-2H3. The summed E-state index contributed by atoms with van der Waals surface area (Å²) in [5, 5.41) is 0.367. The quantitative estimate of drug-likeness (QED) is 0.732. The van der Waals surface area contributed by atoms with E-state index in [0.29, 0.717) is 37.0 Å². The number of benzene rings is 2. The number of hydrogen-bond donors (Lipinski definition) is 0. The topological polar surface area (TPSA) is 59.1 Å². The maximum absolute atomic E-state index is 13.0. The van der Waals surface area contributed by atoms with Crippen LogP contribution in [-0.2, 0) is 16.6 Å². The minimum atomic E-state index is -3.66. The zero-order chi connectivity index (χ0) is 19.4. The molecule has 146 valence electrons. The lowest BCUT2D eigenvalue weighted by Crippen LogP contribution is -2.48. The first-order valence-electron chi connectivity index (χ1n) is 8.63. The molecule has 0 radical (unpaired) electrons. The largest absolute Gasteiger partial charge is 0.497 e. The van der Waals surface area contributed by atoms with Crippen LogP contribution in [0.1, 0.15) is 5.56 Å². The van der Waals surface area contributed by atoms with Gasteiger partial charge in [-0.15, -0.1) is 0 Å². The molecule has 3 rings (SSSR count). The number of sulfonamides is 1. The van der Waals surface area contributed by atoms with E-state index in [1.54, 1.807) is 19.2 Å². The van der Waals surface area contributed by atoms with E-state index in [4.69, 9.17) is 21.1 Å². The Kier molecular flexibility index (Phi) is 6.26. The van der Waals surface area contributed by atoms with Crippen LogP contribution in [0.3, 0.4) is 0 Å². The van der Waals surface area contributed by atoms with Crippen molar-refractivity contribution in [2.24, 2.45) is 0 Å². The van der Waals surface area contributed by atoms with Crippen LogP contribution in [-0.4, -0.2) is 58.0 Å². The molecule has 0 atom stereocenters. The lowest BCUT2D eigenvalue weighted by molar-refractivity contribution is 0.181. The summed E-state index contributed by atoms with van der Waals surface area (Å²) in [5.41, 5.74) is 1.14. The predicted octanol–water partition coefficient (Wildman–Crippen LogP) is 2.86. The number of piperazine rings is 1. The fourth-order valence-corrected chi connectivity index (χ4v) is 4.99. The van der Waals surface area contributed by atoms with Gasteiger partial charge in [0.05, 0.1) is 14.2 Å². The van der Waals surface area contributed by atoms with Gasteiger partial charge in [-0.05, 0) is 35.9 Å². The van der Waals surface area contributed by atoms with Crippen LogP contribution >= 0.6 is 11.6 Å². The Morgan fingerprint density at radius 2 is 1.74 bits per heavy atom. The summed E-state index contributed by atoms with van der Waals surface area (Å²) in [5.74, 6) is 1.12. The Hall–Kier alpha value is -1.80. The van der Waals surface area contributed by atoms with Crippen LogP contribution in [0.2, 0.25) is 5.02 Å². The molecule has 0 N–H and O–H groups in total. The van der Waals surface area contributed by atoms with Crippen molar-refractivity contribution in [3.05, 3.63) is 53.1 Å². The number of methoxy groups -OCH3 is 2. The summed E-state index contributed by atoms with van der Waals surface area (Å²) in [7, 11) is -0.559. The summed E-state index contributed by atoms with van der Waals surface area (Å²) < 4.78 is 38.0. The molecule has 0 bridgehead atoms. The smallest absolute Gasteiger partial charge is 0.246 e. The van der Waals surface area contributed by atoms with Crippen molar-refractivity contribution in [3.63, 3.8) is 0 Å². The highest BCUT2D eigenvalue weighted by molar-refractivity contribution is 7.89. The minimum absolute atomic E-state index is 0.110. The van der Waals surface area contributed by atoms with Crippen molar-refractivity contribution in [2.45, 2.75) is 11.4 Å². The number of rotatable bonds is 6. The monoisotopic (exact) mass is 410 g/mol. The van der Waals surface area contributed by atoms with Gasteiger partial charge in [0.15, 0.2) is 0 Å². The molecule has 1 saturated heterocycles. The molecule has 1 fully saturated rings. The molecule has 2 aromatic carbocycles. The van der Waals surface area contributed by atoms with Gasteiger partial charge < -0.3 is 9.47 Å². The van der Waals surface area contributed by atoms with E-state index < -0.39 is 10.0 Å². The minimum Gasteiger partial charge on any atom is -0.497 e.